The van der Waals surface area contributed by atoms with Crippen molar-refractivity contribution < 1.29 is 18.4 Å². The van der Waals surface area contributed by atoms with E-state index in [2.05, 4.69) is 4.72 Å². The van der Waals surface area contributed by atoms with Crippen LogP contribution in [-0.2, 0) is 14.8 Å². The van der Waals surface area contributed by atoms with E-state index in [0.717, 1.165) is 24.0 Å². The van der Waals surface area contributed by atoms with Crippen LogP contribution < -0.4 is 10.2 Å². The first-order chi connectivity index (χ1) is 12.5. The lowest BCUT2D eigenvalue weighted by atomic mass is 9.85. The van der Waals surface area contributed by atoms with Crippen LogP contribution in [0.5, 0.6) is 0 Å². The molecule has 1 aliphatic carbocycles. The van der Waals surface area contributed by atoms with Gasteiger partial charge in [0.05, 0.1) is 10.8 Å². The average Bonchev–Trinajstić information content (AvgIpc) is 2.68. The molecule has 7 heteroatoms. The molecule has 138 valence electrons. The summed E-state index contributed by atoms with van der Waals surface area (Å²) in [6, 6.07) is 15.8. The van der Waals surface area contributed by atoms with Crippen molar-refractivity contribution in [2.75, 3.05) is 0 Å². The van der Waals surface area contributed by atoms with E-state index >= 15 is 0 Å². The van der Waals surface area contributed by atoms with Crippen LogP contribution >= 0.6 is 0 Å². The fourth-order valence-corrected chi connectivity index (χ4v) is 4.70. The van der Waals surface area contributed by atoms with Gasteiger partial charge in [0.25, 0.3) is 0 Å². The first kappa shape index (κ1) is 18.6. The summed E-state index contributed by atoms with van der Waals surface area (Å²) in [6.45, 7) is 0. The van der Waals surface area contributed by atoms with Gasteiger partial charge in [-0.05, 0) is 36.1 Å². The minimum atomic E-state index is -3.75. The molecule has 26 heavy (non-hydrogen) atoms. The molecule has 0 aliphatic heterocycles. The third-order valence-electron chi connectivity index (χ3n) is 4.79. The Morgan fingerprint density at radius 2 is 1.54 bits per heavy atom. The second kappa shape index (κ2) is 7.99. The molecule has 1 amide bonds. The van der Waals surface area contributed by atoms with Gasteiger partial charge in [-0.15, -0.1) is 0 Å². The lowest BCUT2D eigenvalue weighted by molar-refractivity contribution is -0.135. The SMILES string of the molecule is O=C(NO)[C@H]1CCCC[C@@H]1NS(=O)(=O)c1ccc(-c2ccccc2)cc1. The Morgan fingerprint density at radius 3 is 2.19 bits per heavy atom. The first-order valence-corrected chi connectivity index (χ1v) is 10.1. The minimum Gasteiger partial charge on any atom is -0.289 e. The van der Waals surface area contributed by atoms with Gasteiger partial charge < -0.3 is 0 Å². The van der Waals surface area contributed by atoms with Gasteiger partial charge in [0.1, 0.15) is 0 Å². The molecule has 2 atom stereocenters. The number of rotatable bonds is 5. The number of carbonyl (C=O) groups is 1. The molecule has 1 aliphatic rings. The van der Waals surface area contributed by atoms with Crippen molar-refractivity contribution in [3.05, 3.63) is 54.6 Å². The lowest BCUT2D eigenvalue weighted by Gasteiger charge is -2.30. The summed E-state index contributed by atoms with van der Waals surface area (Å²) in [4.78, 5) is 12.0. The number of hydrogen-bond acceptors (Lipinski definition) is 4. The number of hydrogen-bond donors (Lipinski definition) is 3. The zero-order valence-electron chi connectivity index (χ0n) is 14.3. The van der Waals surface area contributed by atoms with Crippen molar-refractivity contribution in [3.63, 3.8) is 0 Å². The Morgan fingerprint density at radius 1 is 0.923 bits per heavy atom. The number of benzene rings is 2. The van der Waals surface area contributed by atoms with Crippen LogP contribution in [-0.4, -0.2) is 25.6 Å². The van der Waals surface area contributed by atoms with Gasteiger partial charge in [-0.3, -0.25) is 10.0 Å². The van der Waals surface area contributed by atoms with Crippen molar-refractivity contribution >= 4 is 15.9 Å². The van der Waals surface area contributed by atoms with Gasteiger partial charge in [0.2, 0.25) is 15.9 Å². The van der Waals surface area contributed by atoms with E-state index in [1.54, 1.807) is 29.7 Å². The van der Waals surface area contributed by atoms with Crippen LogP contribution in [0.25, 0.3) is 11.1 Å². The highest BCUT2D eigenvalue weighted by atomic mass is 32.2. The number of hydroxylamine groups is 1. The standard InChI is InChI=1S/C19H22N2O4S/c22-19(20-23)17-8-4-5-9-18(17)21-26(24,25)16-12-10-15(11-13-16)14-6-2-1-3-7-14/h1-3,6-7,10-13,17-18,21,23H,4-5,8-9H2,(H,20,22)/t17-,18-/m0/s1. The van der Waals surface area contributed by atoms with E-state index in [1.165, 1.54) is 0 Å². The third kappa shape index (κ3) is 4.12. The summed E-state index contributed by atoms with van der Waals surface area (Å²) in [5.41, 5.74) is 3.58. The number of amides is 1. The molecule has 0 saturated heterocycles. The van der Waals surface area contributed by atoms with E-state index in [-0.39, 0.29) is 4.90 Å². The fourth-order valence-electron chi connectivity index (χ4n) is 3.39. The molecule has 0 bridgehead atoms. The molecule has 0 heterocycles. The number of carbonyl (C=O) groups excluding carboxylic acids is 1. The summed E-state index contributed by atoms with van der Waals surface area (Å²) in [5, 5.41) is 8.88. The van der Waals surface area contributed by atoms with Gasteiger partial charge in [-0.1, -0.05) is 55.3 Å². The summed E-state index contributed by atoms with van der Waals surface area (Å²) >= 11 is 0. The van der Waals surface area contributed by atoms with Crippen LogP contribution in [0.1, 0.15) is 25.7 Å². The fraction of sp³-hybridized carbons (Fsp3) is 0.316. The zero-order chi connectivity index (χ0) is 18.6. The molecule has 1 fully saturated rings. The topological polar surface area (TPSA) is 95.5 Å². The van der Waals surface area contributed by atoms with E-state index in [0.29, 0.717) is 12.8 Å². The Balaban J connectivity index is 1.78. The summed E-state index contributed by atoms with van der Waals surface area (Å²) in [6.07, 6.45) is 2.80. The molecule has 0 aromatic heterocycles. The Bertz CT molecular complexity index is 851. The molecule has 0 unspecified atom stereocenters. The molecule has 0 radical (unpaired) electrons. The molecular weight excluding hydrogens is 352 g/mol. The normalized spacial score (nSPS) is 20.5. The van der Waals surface area contributed by atoms with Crippen molar-refractivity contribution in [3.8, 4) is 11.1 Å². The predicted octanol–water partition coefficient (Wildman–Crippen LogP) is 2.70. The van der Waals surface area contributed by atoms with E-state index < -0.39 is 27.9 Å². The van der Waals surface area contributed by atoms with Crippen molar-refractivity contribution in [2.45, 2.75) is 36.6 Å². The zero-order valence-corrected chi connectivity index (χ0v) is 15.1. The molecule has 2 aromatic carbocycles. The maximum Gasteiger partial charge on any atom is 0.248 e. The van der Waals surface area contributed by atoms with E-state index in [1.807, 2.05) is 30.3 Å². The summed E-state index contributed by atoms with van der Waals surface area (Å²) < 4.78 is 28.0. The lowest BCUT2D eigenvalue weighted by Crippen LogP contribution is -2.47. The second-order valence-corrected chi connectivity index (χ2v) is 8.20. The van der Waals surface area contributed by atoms with Crippen LogP contribution in [0.4, 0.5) is 0 Å². The van der Waals surface area contributed by atoms with E-state index in [9.17, 15) is 13.2 Å². The van der Waals surface area contributed by atoms with Crippen molar-refractivity contribution in [1.82, 2.24) is 10.2 Å². The third-order valence-corrected chi connectivity index (χ3v) is 6.30. The van der Waals surface area contributed by atoms with Gasteiger partial charge in [-0.2, -0.15) is 0 Å². The van der Waals surface area contributed by atoms with Gasteiger partial charge in [-0.25, -0.2) is 18.6 Å². The average molecular weight is 374 g/mol. The highest BCUT2D eigenvalue weighted by molar-refractivity contribution is 7.89. The van der Waals surface area contributed by atoms with Crippen molar-refractivity contribution in [1.29, 1.82) is 0 Å². The maximum atomic E-state index is 12.7. The largest absolute Gasteiger partial charge is 0.289 e. The molecule has 2 aromatic rings. The summed E-state index contributed by atoms with van der Waals surface area (Å²) in [7, 11) is -3.75. The summed E-state index contributed by atoms with van der Waals surface area (Å²) in [5.74, 6) is -1.11. The van der Waals surface area contributed by atoms with Crippen LogP contribution in [0.2, 0.25) is 0 Å². The quantitative estimate of drug-likeness (QED) is 0.554. The number of sulfonamides is 1. The van der Waals surface area contributed by atoms with Gasteiger partial charge in [0.15, 0.2) is 0 Å². The van der Waals surface area contributed by atoms with E-state index in [4.69, 9.17) is 5.21 Å². The van der Waals surface area contributed by atoms with Crippen LogP contribution in [0, 0.1) is 5.92 Å². The smallest absolute Gasteiger partial charge is 0.248 e. The van der Waals surface area contributed by atoms with Crippen LogP contribution in [0.3, 0.4) is 0 Å². The highest BCUT2D eigenvalue weighted by Gasteiger charge is 2.34. The molecule has 1 saturated carbocycles. The first-order valence-electron chi connectivity index (χ1n) is 8.63. The number of nitrogens with one attached hydrogen (secondary N) is 2. The Kier molecular flexibility index (Phi) is 5.70. The van der Waals surface area contributed by atoms with Crippen molar-refractivity contribution in [2.24, 2.45) is 5.92 Å². The van der Waals surface area contributed by atoms with Gasteiger partial charge >= 0.3 is 0 Å². The Hall–Kier alpha value is -2.22. The molecule has 0 spiro atoms. The monoisotopic (exact) mass is 374 g/mol. The van der Waals surface area contributed by atoms with Gasteiger partial charge in [0, 0.05) is 6.04 Å². The molecule has 3 rings (SSSR count). The maximum absolute atomic E-state index is 12.7. The Labute approximate surface area is 153 Å². The highest BCUT2D eigenvalue weighted by Crippen LogP contribution is 2.27. The predicted molar refractivity (Wildman–Crippen MR) is 97.9 cm³/mol. The molecule has 6 nitrogen and oxygen atoms in total. The van der Waals surface area contributed by atoms with Crippen LogP contribution in [0.15, 0.2) is 59.5 Å². The second-order valence-electron chi connectivity index (χ2n) is 6.49. The molecular formula is C19H22N2O4S. The minimum absolute atomic E-state index is 0.158. The molecule has 3 N–H and O–H groups in total.